The molecule has 1 amide bonds. The maximum Gasteiger partial charge on any atom is 0.228 e. The van der Waals surface area contributed by atoms with E-state index in [0.29, 0.717) is 16.9 Å². The first kappa shape index (κ1) is 17.3. The van der Waals surface area contributed by atoms with Crippen LogP contribution < -0.4 is 5.32 Å². The van der Waals surface area contributed by atoms with Crippen LogP contribution in [0.2, 0.25) is 5.02 Å². The van der Waals surface area contributed by atoms with Crippen LogP contribution in [0.25, 0.3) is 0 Å². The zero-order valence-electron chi connectivity index (χ0n) is 14.3. The van der Waals surface area contributed by atoms with Crippen molar-refractivity contribution in [2.24, 2.45) is 17.8 Å². The second-order valence-corrected chi connectivity index (χ2v) is 7.34. The molecule has 2 aliphatic rings. The Labute approximate surface area is 150 Å². The second-order valence-electron chi connectivity index (χ2n) is 6.93. The zero-order chi connectivity index (χ0) is 16.9. The Morgan fingerprint density at radius 2 is 1.58 bits per heavy atom. The maximum atomic E-state index is 12.7. The minimum Gasteiger partial charge on any atom is -0.326 e. The molecule has 0 unspecified atom stereocenters. The first-order valence-electron chi connectivity index (χ1n) is 9.04. The van der Waals surface area contributed by atoms with Crippen molar-refractivity contribution >= 4 is 23.2 Å². The van der Waals surface area contributed by atoms with Crippen molar-refractivity contribution in [2.45, 2.75) is 45.4 Å². The summed E-state index contributed by atoms with van der Waals surface area (Å²) in [6, 6.07) is 5.67. The summed E-state index contributed by atoms with van der Waals surface area (Å²) in [6.45, 7) is 1.95. The quantitative estimate of drug-likeness (QED) is 0.664. The summed E-state index contributed by atoms with van der Waals surface area (Å²) in [4.78, 5) is 12.7. The number of fused-ring (bicyclic) bond motifs is 1. The molecule has 0 spiro atoms. The molecule has 24 heavy (non-hydrogen) atoms. The molecule has 0 radical (unpaired) electrons. The van der Waals surface area contributed by atoms with E-state index in [4.69, 9.17) is 11.6 Å². The van der Waals surface area contributed by atoms with Crippen LogP contribution in [0.3, 0.4) is 0 Å². The molecule has 1 saturated carbocycles. The molecule has 1 aromatic carbocycles. The van der Waals surface area contributed by atoms with Crippen molar-refractivity contribution in [3.8, 4) is 0 Å². The molecule has 0 aromatic heterocycles. The molecule has 128 valence electrons. The summed E-state index contributed by atoms with van der Waals surface area (Å²) in [6.07, 6.45) is 15.8. The Hall–Kier alpha value is -1.54. The van der Waals surface area contributed by atoms with Gasteiger partial charge in [-0.1, -0.05) is 42.0 Å². The van der Waals surface area contributed by atoms with Gasteiger partial charge in [0.05, 0.1) is 0 Å². The van der Waals surface area contributed by atoms with Crippen molar-refractivity contribution in [1.29, 1.82) is 0 Å². The summed E-state index contributed by atoms with van der Waals surface area (Å²) >= 11 is 6.16. The number of hydrogen-bond donors (Lipinski definition) is 1. The Morgan fingerprint density at radius 1 is 1.00 bits per heavy atom. The van der Waals surface area contributed by atoms with Crippen LogP contribution >= 0.6 is 11.6 Å². The fraction of sp³-hybridized carbons (Fsp3) is 0.476. The van der Waals surface area contributed by atoms with Crippen molar-refractivity contribution in [1.82, 2.24) is 0 Å². The van der Waals surface area contributed by atoms with Crippen LogP contribution in [0.15, 0.2) is 42.5 Å². The highest BCUT2D eigenvalue weighted by atomic mass is 35.5. The Bertz CT molecular complexity index is 625. The summed E-state index contributed by atoms with van der Waals surface area (Å²) in [7, 11) is 0. The van der Waals surface area contributed by atoms with E-state index >= 15 is 0 Å². The van der Waals surface area contributed by atoms with Gasteiger partial charge >= 0.3 is 0 Å². The molecule has 1 fully saturated rings. The number of carbonyl (C=O) groups excluding carboxylic acids is 1. The number of rotatable bonds is 2. The Kier molecular flexibility index (Phi) is 5.78. The molecule has 0 aliphatic heterocycles. The number of nitrogens with one attached hydrogen (secondary N) is 1. The van der Waals surface area contributed by atoms with Crippen LogP contribution in [0.5, 0.6) is 0 Å². The van der Waals surface area contributed by atoms with E-state index in [-0.39, 0.29) is 11.8 Å². The van der Waals surface area contributed by atoms with Gasteiger partial charge in [0.2, 0.25) is 5.91 Å². The van der Waals surface area contributed by atoms with Crippen LogP contribution in [0.1, 0.15) is 44.1 Å². The molecule has 3 rings (SSSR count). The van der Waals surface area contributed by atoms with Crippen LogP contribution in [0.4, 0.5) is 5.69 Å². The minimum atomic E-state index is 0.158. The van der Waals surface area contributed by atoms with E-state index in [2.05, 4.69) is 29.6 Å². The Morgan fingerprint density at radius 3 is 2.21 bits per heavy atom. The average molecular weight is 344 g/mol. The second kappa shape index (κ2) is 8.02. The number of anilines is 1. The smallest absolute Gasteiger partial charge is 0.228 e. The van der Waals surface area contributed by atoms with Gasteiger partial charge in [0.1, 0.15) is 0 Å². The van der Waals surface area contributed by atoms with Crippen LogP contribution in [-0.4, -0.2) is 5.91 Å². The van der Waals surface area contributed by atoms with E-state index in [0.717, 1.165) is 49.8 Å². The Balaban J connectivity index is 1.65. The lowest BCUT2D eigenvalue weighted by Gasteiger charge is -2.09. The molecule has 0 bridgehead atoms. The molecular weight excluding hydrogens is 318 g/mol. The SMILES string of the molecule is Cc1c(Cl)cccc1NC(=O)C1[C@H]2CCC=CCCC=CCC[C@H]12. The first-order valence-corrected chi connectivity index (χ1v) is 9.42. The van der Waals surface area contributed by atoms with Crippen molar-refractivity contribution < 1.29 is 4.79 Å². The number of amides is 1. The minimum absolute atomic E-state index is 0.158. The van der Waals surface area contributed by atoms with Gasteiger partial charge in [0.15, 0.2) is 0 Å². The normalized spacial score (nSPS) is 26.8. The molecule has 1 N–H and O–H groups in total. The molecular formula is C21H26ClNO. The fourth-order valence-electron chi connectivity index (χ4n) is 3.82. The van der Waals surface area contributed by atoms with Crippen molar-refractivity contribution in [3.05, 3.63) is 53.1 Å². The van der Waals surface area contributed by atoms with Crippen molar-refractivity contribution in [3.63, 3.8) is 0 Å². The standard InChI is InChI=1S/C21H26ClNO/c1-15-18(22)13-10-14-19(15)23-21(24)20-16-11-8-6-4-2-3-5-7-9-12-17(16)20/h4-7,10,13-14,16-17,20H,2-3,8-9,11-12H2,1H3,(H,23,24)/t16-,17-,20?/m0/s1. The van der Waals surface area contributed by atoms with Crippen molar-refractivity contribution in [2.75, 3.05) is 5.32 Å². The number of benzene rings is 1. The summed E-state index contributed by atoms with van der Waals surface area (Å²) in [5.41, 5.74) is 1.78. The van der Waals surface area contributed by atoms with Gasteiger partial charge in [-0.2, -0.15) is 0 Å². The molecule has 2 aliphatic carbocycles. The molecule has 1 aromatic rings. The maximum absolute atomic E-state index is 12.7. The zero-order valence-corrected chi connectivity index (χ0v) is 15.1. The largest absolute Gasteiger partial charge is 0.326 e. The van der Waals surface area contributed by atoms with Gasteiger partial charge < -0.3 is 5.32 Å². The molecule has 2 nitrogen and oxygen atoms in total. The van der Waals surface area contributed by atoms with E-state index in [1.165, 1.54) is 0 Å². The molecule has 0 heterocycles. The number of allylic oxidation sites excluding steroid dienone is 4. The summed E-state index contributed by atoms with van der Waals surface area (Å²) in [5.74, 6) is 1.38. The van der Waals surface area contributed by atoms with E-state index in [9.17, 15) is 4.79 Å². The fourth-order valence-corrected chi connectivity index (χ4v) is 4.00. The van der Waals surface area contributed by atoms with Crippen LogP contribution in [0, 0.1) is 24.7 Å². The lowest BCUT2D eigenvalue weighted by atomic mass is 10.1. The van der Waals surface area contributed by atoms with Gasteiger partial charge in [-0.05, 0) is 75.0 Å². The van der Waals surface area contributed by atoms with E-state index in [1.54, 1.807) is 0 Å². The predicted octanol–water partition coefficient (Wildman–Crippen LogP) is 5.92. The lowest BCUT2D eigenvalue weighted by Crippen LogP contribution is -2.16. The topological polar surface area (TPSA) is 29.1 Å². The van der Waals surface area contributed by atoms with Gasteiger partial charge in [-0.15, -0.1) is 0 Å². The highest BCUT2D eigenvalue weighted by Gasteiger charge is 2.52. The van der Waals surface area contributed by atoms with Gasteiger partial charge in [-0.25, -0.2) is 0 Å². The first-order chi connectivity index (χ1) is 11.7. The predicted molar refractivity (Wildman–Crippen MR) is 101 cm³/mol. The third-order valence-electron chi connectivity index (χ3n) is 5.33. The highest BCUT2D eigenvalue weighted by Crippen LogP contribution is 2.52. The lowest BCUT2D eigenvalue weighted by molar-refractivity contribution is -0.117. The number of hydrogen-bond acceptors (Lipinski definition) is 1. The summed E-state index contributed by atoms with van der Waals surface area (Å²) < 4.78 is 0. The number of halogens is 1. The third-order valence-corrected chi connectivity index (χ3v) is 5.74. The molecule has 2 atom stereocenters. The van der Waals surface area contributed by atoms with Gasteiger partial charge in [0, 0.05) is 16.6 Å². The number of carbonyl (C=O) groups is 1. The highest BCUT2D eigenvalue weighted by molar-refractivity contribution is 6.31. The molecule has 3 heteroatoms. The van der Waals surface area contributed by atoms with E-state index in [1.807, 2.05) is 25.1 Å². The van der Waals surface area contributed by atoms with E-state index < -0.39 is 0 Å². The molecule has 0 saturated heterocycles. The summed E-state index contributed by atoms with van der Waals surface area (Å²) in [5, 5.41) is 3.81. The van der Waals surface area contributed by atoms with Gasteiger partial charge in [-0.3, -0.25) is 4.79 Å². The van der Waals surface area contributed by atoms with Crippen LogP contribution in [-0.2, 0) is 4.79 Å². The van der Waals surface area contributed by atoms with Gasteiger partial charge in [0.25, 0.3) is 0 Å². The average Bonchev–Trinajstić information content (AvgIpc) is 3.24. The monoisotopic (exact) mass is 343 g/mol. The third kappa shape index (κ3) is 4.10.